The molecule has 0 saturated heterocycles. The van der Waals surface area contributed by atoms with Gasteiger partial charge in [0, 0.05) is 0 Å². The highest BCUT2D eigenvalue weighted by Crippen LogP contribution is 2.07. The Kier molecular flexibility index (Phi) is 3.65. The molecule has 0 atom stereocenters. The normalized spacial score (nSPS) is 9.93. The zero-order chi connectivity index (χ0) is 10.6. The highest BCUT2D eigenvalue weighted by atomic mass is 28.3. The molecule has 1 radical (unpaired) electrons. The van der Waals surface area contributed by atoms with Crippen molar-refractivity contribution in [3.63, 3.8) is 0 Å². The third kappa shape index (κ3) is 2.85. The topological polar surface area (TPSA) is 26.3 Å². The highest BCUT2D eigenvalue weighted by molar-refractivity contribution is 6.51. The average molecular weight is 205 g/mol. The van der Waals surface area contributed by atoms with Crippen LogP contribution in [-0.2, 0) is 4.43 Å². The quantitative estimate of drug-likeness (QED) is 0.709. The fraction of sp³-hybridized carbons (Fsp3) is 0.182. The van der Waals surface area contributed by atoms with Crippen molar-refractivity contribution in [3.8, 4) is 0 Å². The number of benzene rings is 1. The molecular formula is C11H13O2Si. The Morgan fingerprint density at radius 2 is 1.93 bits per heavy atom. The lowest BCUT2D eigenvalue weighted by molar-refractivity contribution is 0.0734. The molecule has 0 aliphatic carbocycles. The predicted octanol–water partition coefficient (Wildman–Crippen LogP) is 2.74. The van der Waals surface area contributed by atoms with Crippen molar-refractivity contribution in [2.24, 2.45) is 0 Å². The minimum absolute atomic E-state index is 0.237. The van der Waals surface area contributed by atoms with Crippen LogP contribution < -0.4 is 0 Å². The number of carbonyl (C=O) groups is 1. The molecule has 0 fully saturated rings. The first kappa shape index (κ1) is 10.7. The van der Waals surface area contributed by atoms with Gasteiger partial charge in [0.15, 0.2) is 0 Å². The minimum atomic E-state index is -0.966. The molecule has 0 bridgehead atoms. The maximum Gasteiger partial charge on any atom is 0.324 e. The largest absolute Gasteiger partial charge is 0.515 e. The van der Waals surface area contributed by atoms with E-state index in [1.165, 1.54) is 0 Å². The maximum absolute atomic E-state index is 11.4. The smallest absolute Gasteiger partial charge is 0.324 e. The summed E-state index contributed by atoms with van der Waals surface area (Å²) in [6, 6.07) is 7.21. The second-order valence-corrected chi connectivity index (χ2v) is 5.14. The zero-order valence-electron chi connectivity index (χ0n) is 8.41. The average Bonchev–Trinajstić information content (AvgIpc) is 2.17. The van der Waals surface area contributed by atoms with E-state index in [-0.39, 0.29) is 5.97 Å². The van der Waals surface area contributed by atoms with Crippen molar-refractivity contribution in [2.75, 3.05) is 0 Å². The summed E-state index contributed by atoms with van der Waals surface area (Å²) in [7, 11) is -0.966. The Labute approximate surface area is 85.9 Å². The third-order valence-corrected chi connectivity index (χ3v) is 2.27. The Morgan fingerprint density at radius 1 is 1.36 bits per heavy atom. The van der Waals surface area contributed by atoms with E-state index >= 15 is 0 Å². The van der Waals surface area contributed by atoms with Crippen molar-refractivity contribution < 1.29 is 9.22 Å². The Hall–Kier alpha value is -1.35. The summed E-state index contributed by atoms with van der Waals surface area (Å²) in [5.74, 6) is -0.237. The van der Waals surface area contributed by atoms with Crippen LogP contribution in [0.5, 0.6) is 0 Å². The van der Waals surface area contributed by atoms with Crippen LogP contribution in [0.25, 0.3) is 6.08 Å². The van der Waals surface area contributed by atoms with Crippen LogP contribution in [-0.4, -0.2) is 15.0 Å². The Morgan fingerprint density at radius 3 is 2.36 bits per heavy atom. The molecule has 0 amide bonds. The third-order valence-electron chi connectivity index (χ3n) is 1.68. The molecule has 2 nitrogen and oxygen atoms in total. The summed E-state index contributed by atoms with van der Waals surface area (Å²) in [6.07, 6.45) is 1.74. The monoisotopic (exact) mass is 205 g/mol. The predicted molar refractivity (Wildman–Crippen MR) is 59.4 cm³/mol. The minimum Gasteiger partial charge on any atom is -0.515 e. The Balaban J connectivity index is 2.76. The van der Waals surface area contributed by atoms with E-state index in [4.69, 9.17) is 4.43 Å². The fourth-order valence-corrected chi connectivity index (χ4v) is 1.49. The van der Waals surface area contributed by atoms with Crippen molar-refractivity contribution in [1.82, 2.24) is 0 Å². The first-order chi connectivity index (χ1) is 6.63. The van der Waals surface area contributed by atoms with Gasteiger partial charge in [-0.2, -0.15) is 0 Å². The van der Waals surface area contributed by atoms with Gasteiger partial charge in [-0.15, -0.1) is 0 Å². The van der Waals surface area contributed by atoms with E-state index in [2.05, 4.69) is 6.58 Å². The van der Waals surface area contributed by atoms with Crippen LogP contribution in [0.4, 0.5) is 0 Å². The number of hydrogen-bond donors (Lipinski definition) is 0. The van der Waals surface area contributed by atoms with Gasteiger partial charge in [-0.1, -0.05) is 24.8 Å². The molecule has 0 saturated carbocycles. The molecule has 14 heavy (non-hydrogen) atoms. The summed E-state index contributed by atoms with van der Waals surface area (Å²) in [5.41, 5.74) is 1.60. The summed E-state index contributed by atoms with van der Waals surface area (Å²) in [6.45, 7) is 7.51. The first-order valence-electron chi connectivity index (χ1n) is 4.38. The van der Waals surface area contributed by atoms with Crippen molar-refractivity contribution in [2.45, 2.75) is 13.1 Å². The van der Waals surface area contributed by atoms with Crippen LogP contribution in [0, 0.1) is 0 Å². The van der Waals surface area contributed by atoms with Gasteiger partial charge in [0.05, 0.1) is 5.56 Å². The van der Waals surface area contributed by atoms with Gasteiger partial charge in [-0.3, -0.25) is 0 Å². The maximum atomic E-state index is 11.4. The van der Waals surface area contributed by atoms with Gasteiger partial charge in [-0.25, -0.2) is 4.79 Å². The lowest BCUT2D eigenvalue weighted by Gasteiger charge is -2.06. The van der Waals surface area contributed by atoms with E-state index in [1.54, 1.807) is 18.2 Å². The number of rotatable bonds is 3. The molecule has 3 heteroatoms. The van der Waals surface area contributed by atoms with Gasteiger partial charge in [0.1, 0.15) is 0 Å². The van der Waals surface area contributed by atoms with Crippen LogP contribution in [0.15, 0.2) is 30.8 Å². The standard InChI is InChI=1S/C11H13O2Si/c1-4-9-5-7-10(8-6-9)11(12)13-14(2)3/h4-8H,1H2,2-3H3. The summed E-state index contributed by atoms with van der Waals surface area (Å²) >= 11 is 0. The van der Waals surface area contributed by atoms with Gasteiger partial charge in [0.25, 0.3) is 9.04 Å². The van der Waals surface area contributed by atoms with Crippen molar-refractivity contribution in [3.05, 3.63) is 42.0 Å². The number of hydrogen-bond acceptors (Lipinski definition) is 2. The lowest BCUT2D eigenvalue weighted by atomic mass is 10.1. The first-order valence-corrected chi connectivity index (χ1v) is 6.79. The van der Waals surface area contributed by atoms with Crippen LogP contribution in [0.3, 0.4) is 0 Å². The van der Waals surface area contributed by atoms with Crippen LogP contribution in [0.1, 0.15) is 15.9 Å². The molecule has 73 valence electrons. The van der Waals surface area contributed by atoms with E-state index < -0.39 is 9.04 Å². The number of carbonyl (C=O) groups excluding carboxylic acids is 1. The molecule has 1 aromatic carbocycles. The lowest BCUT2D eigenvalue weighted by Crippen LogP contribution is -2.15. The van der Waals surface area contributed by atoms with Gasteiger partial charge < -0.3 is 4.43 Å². The van der Waals surface area contributed by atoms with Gasteiger partial charge >= 0.3 is 5.97 Å². The zero-order valence-corrected chi connectivity index (χ0v) is 9.41. The van der Waals surface area contributed by atoms with Gasteiger partial charge in [0.2, 0.25) is 0 Å². The molecule has 0 spiro atoms. The van der Waals surface area contributed by atoms with Crippen LogP contribution in [0.2, 0.25) is 13.1 Å². The molecular weight excluding hydrogens is 192 g/mol. The molecule has 0 heterocycles. The van der Waals surface area contributed by atoms with Crippen molar-refractivity contribution in [1.29, 1.82) is 0 Å². The summed E-state index contributed by atoms with van der Waals surface area (Å²) in [5, 5.41) is 0. The van der Waals surface area contributed by atoms with E-state index in [0.29, 0.717) is 5.56 Å². The van der Waals surface area contributed by atoms with Crippen LogP contribution >= 0.6 is 0 Å². The second-order valence-electron chi connectivity index (χ2n) is 3.12. The Bertz CT molecular complexity index is 328. The second kappa shape index (κ2) is 4.76. The SMILES string of the molecule is C=Cc1ccc(C(=O)O[Si](C)C)cc1. The molecule has 1 rings (SSSR count). The molecule has 0 aliphatic rings. The van der Waals surface area contributed by atoms with E-state index in [0.717, 1.165) is 5.56 Å². The van der Waals surface area contributed by atoms with E-state index in [1.807, 2.05) is 25.2 Å². The summed E-state index contributed by atoms with van der Waals surface area (Å²) < 4.78 is 5.15. The van der Waals surface area contributed by atoms with Gasteiger partial charge in [-0.05, 0) is 30.8 Å². The molecule has 0 aromatic heterocycles. The molecule has 1 aromatic rings. The van der Waals surface area contributed by atoms with E-state index in [9.17, 15) is 4.79 Å². The fourth-order valence-electron chi connectivity index (χ4n) is 1.000. The molecule has 0 unspecified atom stereocenters. The van der Waals surface area contributed by atoms with Crippen molar-refractivity contribution >= 4 is 21.1 Å². The molecule has 0 N–H and O–H groups in total. The summed E-state index contributed by atoms with van der Waals surface area (Å²) in [4.78, 5) is 11.4. The highest BCUT2D eigenvalue weighted by Gasteiger charge is 2.09. The molecule has 0 aliphatic heterocycles.